The maximum Gasteiger partial charge on any atom is 0.173 e. The second-order valence-corrected chi connectivity index (χ2v) is 6.82. The third-order valence-corrected chi connectivity index (χ3v) is 4.71. The van der Waals surface area contributed by atoms with Gasteiger partial charge >= 0.3 is 0 Å². The molecular weight excluding hydrogens is 212 g/mol. The monoisotopic (exact) mass is 240 g/mol. The SMILES string of the molecule is CC(C)C1CC2OC(C(C)C)(C(C)C)OC2C1. The van der Waals surface area contributed by atoms with Crippen LogP contribution in [0.15, 0.2) is 0 Å². The molecule has 17 heavy (non-hydrogen) atoms. The molecule has 1 saturated carbocycles. The third kappa shape index (κ3) is 2.15. The van der Waals surface area contributed by atoms with Gasteiger partial charge in [-0.25, -0.2) is 0 Å². The summed E-state index contributed by atoms with van der Waals surface area (Å²) in [6, 6.07) is 0. The summed E-state index contributed by atoms with van der Waals surface area (Å²) >= 11 is 0. The first-order chi connectivity index (χ1) is 7.86. The maximum atomic E-state index is 6.35. The average molecular weight is 240 g/mol. The lowest BCUT2D eigenvalue weighted by molar-refractivity contribution is -0.237. The van der Waals surface area contributed by atoms with Gasteiger partial charge in [0.25, 0.3) is 0 Å². The highest BCUT2D eigenvalue weighted by molar-refractivity contribution is 4.96. The predicted molar refractivity (Wildman–Crippen MR) is 69.7 cm³/mol. The first kappa shape index (κ1) is 13.4. The van der Waals surface area contributed by atoms with Crippen LogP contribution in [0.3, 0.4) is 0 Å². The lowest BCUT2D eigenvalue weighted by Crippen LogP contribution is -2.43. The van der Waals surface area contributed by atoms with Gasteiger partial charge in [0, 0.05) is 11.8 Å². The van der Waals surface area contributed by atoms with Crippen LogP contribution in [-0.2, 0) is 9.47 Å². The van der Waals surface area contributed by atoms with Gasteiger partial charge in [0.05, 0.1) is 12.2 Å². The second-order valence-electron chi connectivity index (χ2n) is 6.82. The Labute approximate surface area is 106 Å². The Morgan fingerprint density at radius 1 is 0.824 bits per heavy atom. The Morgan fingerprint density at radius 3 is 1.53 bits per heavy atom. The highest BCUT2D eigenvalue weighted by atomic mass is 16.8. The molecule has 2 aliphatic rings. The van der Waals surface area contributed by atoms with Crippen LogP contribution in [0.2, 0.25) is 0 Å². The number of ether oxygens (including phenoxy) is 2. The fourth-order valence-corrected chi connectivity index (χ4v) is 3.50. The predicted octanol–water partition coefficient (Wildman–Crippen LogP) is 3.84. The first-order valence-corrected chi connectivity index (χ1v) is 7.22. The zero-order valence-electron chi connectivity index (χ0n) is 12.2. The van der Waals surface area contributed by atoms with Crippen molar-refractivity contribution in [1.29, 1.82) is 0 Å². The summed E-state index contributed by atoms with van der Waals surface area (Å²) in [5.41, 5.74) is 0. The van der Waals surface area contributed by atoms with Crippen LogP contribution in [0.5, 0.6) is 0 Å². The minimum Gasteiger partial charge on any atom is -0.343 e. The Bertz CT molecular complexity index is 246. The summed E-state index contributed by atoms with van der Waals surface area (Å²) < 4.78 is 12.7. The summed E-state index contributed by atoms with van der Waals surface area (Å²) in [5.74, 6) is 2.04. The summed E-state index contributed by atoms with van der Waals surface area (Å²) in [6.07, 6.45) is 3.05. The van der Waals surface area contributed by atoms with E-state index in [0.717, 1.165) is 11.8 Å². The van der Waals surface area contributed by atoms with Gasteiger partial charge in [-0.05, 0) is 24.7 Å². The first-order valence-electron chi connectivity index (χ1n) is 7.22. The van der Waals surface area contributed by atoms with Crippen LogP contribution in [0.4, 0.5) is 0 Å². The van der Waals surface area contributed by atoms with E-state index in [0.29, 0.717) is 24.0 Å². The van der Waals surface area contributed by atoms with E-state index in [1.54, 1.807) is 0 Å². The van der Waals surface area contributed by atoms with Gasteiger partial charge in [0.1, 0.15) is 0 Å². The molecule has 1 aliphatic carbocycles. The van der Waals surface area contributed by atoms with Crippen molar-refractivity contribution in [2.75, 3.05) is 0 Å². The summed E-state index contributed by atoms with van der Waals surface area (Å²) in [5, 5.41) is 0. The number of fused-ring (bicyclic) bond motifs is 1. The summed E-state index contributed by atoms with van der Waals surface area (Å²) in [7, 11) is 0. The smallest absolute Gasteiger partial charge is 0.173 e. The molecule has 0 aromatic rings. The van der Waals surface area contributed by atoms with Gasteiger partial charge in [-0.1, -0.05) is 41.5 Å². The lowest BCUT2D eigenvalue weighted by Gasteiger charge is -2.37. The second kappa shape index (κ2) is 4.55. The van der Waals surface area contributed by atoms with E-state index in [1.165, 1.54) is 12.8 Å². The number of hydrogen-bond donors (Lipinski definition) is 0. The van der Waals surface area contributed by atoms with Crippen LogP contribution in [-0.4, -0.2) is 18.0 Å². The molecule has 0 spiro atoms. The highest BCUT2D eigenvalue weighted by Gasteiger charge is 2.54. The standard InChI is InChI=1S/C15H28O2/c1-9(2)12-7-13-14(8-12)17-15(16-13,10(3)4)11(5)6/h9-14H,7-8H2,1-6H3. The van der Waals surface area contributed by atoms with Crippen molar-refractivity contribution in [2.24, 2.45) is 23.7 Å². The molecule has 2 atom stereocenters. The van der Waals surface area contributed by atoms with Gasteiger partial charge in [0.2, 0.25) is 0 Å². The number of hydrogen-bond acceptors (Lipinski definition) is 2. The molecule has 0 N–H and O–H groups in total. The molecule has 1 saturated heterocycles. The average Bonchev–Trinajstić information content (AvgIpc) is 2.71. The fourth-order valence-electron chi connectivity index (χ4n) is 3.50. The van der Waals surface area contributed by atoms with Gasteiger partial charge < -0.3 is 9.47 Å². The summed E-state index contributed by atoms with van der Waals surface area (Å²) in [6.45, 7) is 13.5. The van der Waals surface area contributed by atoms with Crippen LogP contribution >= 0.6 is 0 Å². The molecular formula is C15H28O2. The number of rotatable bonds is 3. The van der Waals surface area contributed by atoms with Crippen LogP contribution in [0.1, 0.15) is 54.4 Å². The van der Waals surface area contributed by atoms with E-state index in [2.05, 4.69) is 41.5 Å². The van der Waals surface area contributed by atoms with E-state index in [-0.39, 0.29) is 5.79 Å². The molecule has 1 heterocycles. The minimum absolute atomic E-state index is 0.336. The van der Waals surface area contributed by atoms with Crippen LogP contribution in [0, 0.1) is 23.7 Å². The highest BCUT2D eigenvalue weighted by Crippen LogP contribution is 2.48. The Morgan fingerprint density at radius 2 is 1.24 bits per heavy atom. The lowest BCUT2D eigenvalue weighted by atomic mass is 9.90. The van der Waals surface area contributed by atoms with Crippen LogP contribution < -0.4 is 0 Å². The van der Waals surface area contributed by atoms with Crippen molar-refractivity contribution >= 4 is 0 Å². The van der Waals surface area contributed by atoms with Gasteiger partial charge in [-0.3, -0.25) is 0 Å². The molecule has 2 rings (SSSR count). The molecule has 0 aromatic heterocycles. The molecule has 0 amide bonds. The van der Waals surface area contributed by atoms with E-state index in [4.69, 9.17) is 9.47 Å². The molecule has 100 valence electrons. The molecule has 0 radical (unpaired) electrons. The topological polar surface area (TPSA) is 18.5 Å². The summed E-state index contributed by atoms with van der Waals surface area (Å²) in [4.78, 5) is 0. The van der Waals surface area contributed by atoms with Crippen molar-refractivity contribution in [3.63, 3.8) is 0 Å². The fraction of sp³-hybridized carbons (Fsp3) is 1.00. The minimum atomic E-state index is -0.336. The van der Waals surface area contributed by atoms with Crippen molar-refractivity contribution < 1.29 is 9.47 Å². The van der Waals surface area contributed by atoms with Crippen molar-refractivity contribution in [1.82, 2.24) is 0 Å². The Balaban J connectivity index is 2.08. The zero-order chi connectivity index (χ0) is 12.8. The van der Waals surface area contributed by atoms with E-state index < -0.39 is 0 Å². The van der Waals surface area contributed by atoms with Gasteiger partial charge in [0.15, 0.2) is 5.79 Å². The molecule has 0 aromatic carbocycles. The molecule has 1 aliphatic heterocycles. The van der Waals surface area contributed by atoms with Gasteiger partial charge in [-0.15, -0.1) is 0 Å². The Hall–Kier alpha value is -0.0800. The molecule has 2 heteroatoms. The molecule has 2 fully saturated rings. The Kier molecular flexibility index (Phi) is 3.57. The van der Waals surface area contributed by atoms with Gasteiger partial charge in [-0.2, -0.15) is 0 Å². The normalized spacial score (nSPS) is 36.2. The molecule has 0 bridgehead atoms. The van der Waals surface area contributed by atoms with E-state index in [9.17, 15) is 0 Å². The zero-order valence-corrected chi connectivity index (χ0v) is 12.2. The van der Waals surface area contributed by atoms with Crippen LogP contribution in [0.25, 0.3) is 0 Å². The quantitative estimate of drug-likeness (QED) is 0.746. The third-order valence-electron chi connectivity index (χ3n) is 4.71. The van der Waals surface area contributed by atoms with Crippen molar-refractivity contribution in [3.8, 4) is 0 Å². The molecule has 2 unspecified atom stereocenters. The van der Waals surface area contributed by atoms with Crippen molar-refractivity contribution in [2.45, 2.75) is 72.4 Å². The van der Waals surface area contributed by atoms with Crippen molar-refractivity contribution in [3.05, 3.63) is 0 Å². The van der Waals surface area contributed by atoms with E-state index in [1.807, 2.05) is 0 Å². The van der Waals surface area contributed by atoms with E-state index >= 15 is 0 Å². The molecule has 2 nitrogen and oxygen atoms in total. The maximum absolute atomic E-state index is 6.35. The largest absolute Gasteiger partial charge is 0.343 e.